The van der Waals surface area contributed by atoms with Gasteiger partial charge in [0.2, 0.25) is 0 Å². The summed E-state index contributed by atoms with van der Waals surface area (Å²) in [5.74, 6) is 0. The van der Waals surface area contributed by atoms with E-state index in [0.29, 0.717) is 11.5 Å². The highest BCUT2D eigenvalue weighted by Crippen LogP contribution is 2.15. The summed E-state index contributed by atoms with van der Waals surface area (Å²) < 4.78 is 24.3. The van der Waals surface area contributed by atoms with Crippen molar-refractivity contribution in [3.8, 4) is 0 Å². The second-order valence-electron chi connectivity index (χ2n) is 5.91. The van der Waals surface area contributed by atoms with E-state index in [2.05, 4.69) is 26.1 Å². The van der Waals surface area contributed by atoms with Crippen LogP contribution in [0.2, 0.25) is 0 Å². The summed E-state index contributed by atoms with van der Waals surface area (Å²) in [4.78, 5) is 1.86. The Morgan fingerprint density at radius 2 is 1.76 bits per heavy atom. The molecule has 2 nitrogen and oxygen atoms in total. The van der Waals surface area contributed by atoms with Crippen molar-refractivity contribution in [2.24, 2.45) is 5.41 Å². The Balaban J connectivity index is 0.00000256. The third-order valence-electron chi connectivity index (χ3n) is 2.90. The summed E-state index contributed by atoms with van der Waals surface area (Å²) in [6.07, 6.45) is -0.218. The number of halogens is 3. The van der Waals surface area contributed by atoms with E-state index in [1.807, 2.05) is 4.90 Å². The van der Waals surface area contributed by atoms with Gasteiger partial charge in [-0.2, -0.15) is 0 Å². The zero-order chi connectivity index (χ0) is 12.2. The summed E-state index contributed by atoms with van der Waals surface area (Å²) in [6, 6.07) is 0.508. The van der Waals surface area contributed by atoms with Gasteiger partial charge in [-0.15, -0.1) is 12.4 Å². The molecule has 0 aromatic rings. The quantitative estimate of drug-likeness (QED) is 0.845. The van der Waals surface area contributed by atoms with Crippen molar-refractivity contribution in [2.45, 2.75) is 46.1 Å². The van der Waals surface area contributed by atoms with E-state index in [0.717, 1.165) is 32.5 Å². The number of alkyl halides is 2. The van der Waals surface area contributed by atoms with E-state index in [1.165, 1.54) is 0 Å². The van der Waals surface area contributed by atoms with Gasteiger partial charge in [0.1, 0.15) is 0 Å². The molecule has 1 heterocycles. The van der Waals surface area contributed by atoms with Crippen LogP contribution in [0, 0.1) is 5.41 Å². The maximum atomic E-state index is 12.2. The van der Waals surface area contributed by atoms with Gasteiger partial charge in [0.15, 0.2) is 0 Å². The highest BCUT2D eigenvalue weighted by molar-refractivity contribution is 5.85. The molecule has 1 N–H and O–H groups in total. The highest BCUT2D eigenvalue weighted by Gasteiger charge is 2.22. The maximum absolute atomic E-state index is 12.2. The average Bonchev–Trinajstić information content (AvgIpc) is 2.14. The van der Waals surface area contributed by atoms with Crippen LogP contribution in [-0.2, 0) is 0 Å². The van der Waals surface area contributed by atoms with Crippen molar-refractivity contribution >= 4 is 12.4 Å². The second kappa shape index (κ2) is 7.49. The molecule has 1 rings (SSSR count). The van der Waals surface area contributed by atoms with Crippen molar-refractivity contribution in [3.63, 3.8) is 0 Å². The molecule has 1 aliphatic heterocycles. The number of rotatable bonds is 4. The second-order valence-corrected chi connectivity index (χ2v) is 5.91. The summed E-state index contributed by atoms with van der Waals surface area (Å²) in [5.41, 5.74) is 0.292. The molecule has 0 aromatic carbocycles. The van der Waals surface area contributed by atoms with Gasteiger partial charge in [-0.05, 0) is 31.3 Å². The van der Waals surface area contributed by atoms with E-state index < -0.39 is 6.43 Å². The molecule has 0 aliphatic carbocycles. The van der Waals surface area contributed by atoms with Crippen molar-refractivity contribution < 1.29 is 8.78 Å². The first kappa shape index (κ1) is 17.1. The molecule has 17 heavy (non-hydrogen) atoms. The Morgan fingerprint density at radius 1 is 1.24 bits per heavy atom. The third-order valence-corrected chi connectivity index (χ3v) is 2.90. The molecular weight excluding hydrogens is 246 g/mol. The van der Waals surface area contributed by atoms with E-state index >= 15 is 0 Å². The standard InChI is InChI=1S/C12H24F2N2.ClH/c1-12(2,3)9-15-10-4-6-16(7-5-10)8-11(13)14;/h10-11,15H,4-9H2,1-3H3;1H. The Labute approximate surface area is 110 Å². The average molecular weight is 271 g/mol. The number of nitrogens with zero attached hydrogens (tertiary/aromatic N) is 1. The maximum Gasteiger partial charge on any atom is 0.251 e. The van der Waals surface area contributed by atoms with Crippen LogP contribution >= 0.6 is 12.4 Å². The Kier molecular flexibility index (Phi) is 7.52. The lowest BCUT2D eigenvalue weighted by atomic mass is 9.95. The van der Waals surface area contributed by atoms with E-state index in [9.17, 15) is 8.78 Å². The van der Waals surface area contributed by atoms with Crippen molar-refractivity contribution in [1.29, 1.82) is 0 Å². The van der Waals surface area contributed by atoms with Crippen LogP contribution in [0.4, 0.5) is 8.78 Å². The molecule has 0 bridgehead atoms. The number of likely N-dealkylation sites (tertiary alicyclic amines) is 1. The number of piperidine rings is 1. The van der Waals surface area contributed by atoms with E-state index in [-0.39, 0.29) is 19.0 Å². The minimum absolute atomic E-state index is 0. The molecule has 0 atom stereocenters. The monoisotopic (exact) mass is 270 g/mol. The SMILES string of the molecule is CC(C)(C)CNC1CCN(CC(F)F)CC1.Cl. The van der Waals surface area contributed by atoms with Crippen molar-refractivity contribution in [1.82, 2.24) is 10.2 Å². The van der Waals surface area contributed by atoms with Gasteiger partial charge < -0.3 is 5.32 Å². The van der Waals surface area contributed by atoms with Crippen LogP contribution in [0.3, 0.4) is 0 Å². The van der Waals surface area contributed by atoms with Crippen LogP contribution in [-0.4, -0.2) is 43.5 Å². The van der Waals surface area contributed by atoms with Crippen molar-refractivity contribution in [3.05, 3.63) is 0 Å². The zero-order valence-corrected chi connectivity index (χ0v) is 11.8. The van der Waals surface area contributed by atoms with Crippen LogP contribution in [0.1, 0.15) is 33.6 Å². The Hall–Kier alpha value is 0.0700. The molecule has 1 aliphatic rings. The first-order valence-electron chi connectivity index (χ1n) is 6.11. The lowest BCUT2D eigenvalue weighted by Crippen LogP contribution is -2.45. The third kappa shape index (κ3) is 7.90. The lowest BCUT2D eigenvalue weighted by Gasteiger charge is -2.33. The van der Waals surface area contributed by atoms with E-state index in [4.69, 9.17) is 0 Å². The Bertz CT molecular complexity index is 199. The summed E-state index contributed by atoms with van der Waals surface area (Å²) in [5, 5.41) is 3.52. The van der Waals surface area contributed by atoms with Gasteiger partial charge in [0.05, 0.1) is 6.54 Å². The molecular formula is C12H25ClF2N2. The molecule has 0 aromatic heterocycles. The molecule has 104 valence electrons. The minimum Gasteiger partial charge on any atom is -0.313 e. The summed E-state index contributed by atoms with van der Waals surface area (Å²) in [6.45, 7) is 9.13. The molecule has 0 amide bonds. The van der Waals surface area contributed by atoms with Crippen LogP contribution < -0.4 is 5.32 Å². The van der Waals surface area contributed by atoms with Crippen LogP contribution in [0.5, 0.6) is 0 Å². The van der Waals surface area contributed by atoms with E-state index in [1.54, 1.807) is 0 Å². The topological polar surface area (TPSA) is 15.3 Å². The largest absolute Gasteiger partial charge is 0.313 e. The summed E-state index contributed by atoms with van der Waals surface area (Å²) >= 11 is 0. The smallest absolute Gasteiger partial charge is 0.251 e. The number of hydrogen-bond acceptors (Lipinski definition) is 2. The fraction of sp³-hybridized carbons (Fsp3) is 1.00. The van der Waals surface area contributed by atoms with Crippen molar-refractivity contribution in [2.75, 3.05) is 26.2 Å². The number of nitrogens with one attached hydrogen (secondary N) is 1. The molecule has 0 spiro atoms. The van der Waals surface area contributed by atoms with Gasteiger partial charge in [-0.1, -0.05) is 20.8 Å². The predicted octanol–water partition coefficient (Wildman–Crippen LogP) is 2.77. The first-order valence-corrected chi connectivity index (χ1v) is 6.11. The molecule has 0 radical (unpaired) electrons. The Morgan fingerprint density at radius 3 is 2.18 bits per heavy atom. The molecule has 1 fully saturated rings. The van der Waals surface area contributed by atoms with Gasteiger partial charge in [-0.25, -0.2) is 8.78 Å². The highest BCUT2D eigenvalue weighted by atomic mass is 35.5. The lowest BCUT2D eigenvalue weighted by molar-refractivity contribution is 0.0723. The first-order chi connectivity index (χ1) is 7.37. The van der Waals surface area contributed by atoms with Gasteiger partial charge in [0, 0.05) is 12.6 Å². The van der Waals surface area contributed by atoms with Gasteiger partial charge in [0.25, 0.3) is 6.43 Å². The zero-order valence-electron chi connectivity index (χ0n) is 11.0. The number of hydrogen-bond donors (Lipinski definition) is 1. The van der Waals surface area contributed by atoms with Crippen LogP contribution in [0.15, 0.2) is 0 Å². The van der Waals surface area contributed by atoms with Gasteiger partial charge >= 0.3 is 0 Å². The normalized spacial score (nSPS) is 19.4. The fourth-order valence-electron chi connectivity index (χ4n) is 1.97. The van der Waals surface area contributed by atoms with Crippen LogP contribution in [0.25, 0.3) is 0 Å². The molecule has 5 heteroatoms. The van der Waals surface area contributed by atoms with Gasteiger partial charge in [-0.3, -0.25) is 4.90 Å². The molecule has 1 saturated heterocycles. The fourth-order valence-corrected chi connectivity index (χ4v) is 1.97. The minimum atomic E-state index is -2.20. The molecule has 0 unspecified atom stereocenters. The summed E-state index contributed by atoms with van der Waals surface area (Å²) in [7, 11) is 0. The predicted molar refractivity (Wildman–Crippen MR) is 70.2 cm³/mol. The molecule has 0 saturated carbocycles.